The Bertz CT molecular complexity index is 1460. The first kappa shape index (κ1) is 15.1. The Morgan fingerprint density at radius 3 is 2.10 bits per heavy atom. The van der Waals surface area contributed by atoms with Crippen molar-refractivity contribution in [3.8, 4) is 0 Å². The van der Waals surface area contributed by atoms with Crippen molar-refractivity contribution in [2.75, 3.05) is 6.67 Å². The van der Waals surface area contributed by atoms with Gasteiger partial charge in [-0.25, -0.2) is 0 Å². The topological polar surface area (TPSA) is 24.7 Å². The Morgan fingerprint density at radius 2 is 1.31 bits per heavy atom. The second kappa shape index (κ2) is 4.70. The van der Waals surface area contributed by atoms with Gasteiger partial charge in [0, 0.05) is 11.1 Å². The van der Waals surface area contributed by atoms with E-state index >= 15 is 0 Å². The van der Waals surface area contributed by atoms with E-state index in [1.54, 1.807) is 55.7 Å². The third kappa shape index (κ3) is 1.64. The van der Waals surface area contributed by atoms with Crippen molar-refractivity contribution in [2.45, 2.75) is 52.4 Å². The zero-order valence-corrected chi connectivity index (χ0v) is 17.0. The minimum absolute atomic E-state index is 0.613. The van der Waals surface area contributed by atoms with Gasteiger partial charge in [0.15, 0.2) is 0 Å². The molecule has 0 radical (unpaired) electrons. The smallest absolute Gasteiger partial charge is 0.130 e. The molecule has 0 amide bonds. The van der Waals surface area contributed by atoms with Crippen LogP contribution in [0.5, 0.6) is 0 Å². The molecule has 1 aliphatic heterocycles. The highest BCUT2D eigenvalue weighted by Gasteiger charge is 2.41. The molecule has 2 nitrogen and oxygen atoms in total. The highest BCUT2D eigenvalue weighted by Crippen LogP contribution is 2.54. The van der Waals surface area contributed by atoms with Crippen LogP contribution in [0.25, 0.3) is 11.1 Å². The van der Waals surface area contributed by atoms with Crippen LogP contribution < -0.4 is 10.7 Å². The lowest BCUT2D eigenvalue weighted by molar-refractivity contribution is 1.05. The standard InChI is InChI=1S/C27H22N2/c1-12-3-14-7-20-18(16(14)5-12)9-22-23-10-19-17-6-13(2)4-15(17)8-21(19)25(23)27-26(24(20)22)28-11-29-27/h3,6H,4-5,7-11H2,1-2H3. The largest absolute Gasteiger partial charge is 0.259 e. The first-order valence-corrected chi connectivity index (χ1v) is 11.0. The number of benzene rings is 1. The number of hydrogen-bond acceptors (Lipinski definition) is 2. The normalized spacial score (nSPS) is 24.3. The molecular formula is C27H22N2. The van der Waals surface area contributed by atoms with E-state index in [1.807, 2.05) is 0 Å². The van der Waals surface area contributed by atoms with Gasteiger partial charge in [0.2, 0.25) is 0 Å². The van der Waals surface area contributed by atoms with Gasteiger partial charge in [-0.1, -0.05) is 28.9 Å². The number of hydrogen-bond donors (Lipinski definition) is 0. The lowest BCUT2D eigenvalue weighted by atomic mass is 9.89. The van der Waals surface area contributed by atoms with Gasteiger partial charge in [-0.05, 0) is 103 Å². The van der Waals surface area contributed by atoms with Gasteiger partial charge in [-0.3, -0.25) is 9.98 Å². The Balaban J connectivity index is 1.34. The van der Waals surface area contributed by atoms with Crippen LogP contribution >= 0.6 is 0 Å². The minimum Gasteiger partial charge on any atom is -0.259 e. The van der Waals surface area contributed by atoms with Crippen LogP contribution in [0.2, 0.25) is 0 Å². The summed E-state index contributed by atoms with van der Waals surface area (Å²) in [5, 5.41) is 2.44. The van der Waals surface area contributed by atoms with Crippen LogP contribution in [0.4, 0.5) is 0 Å². The summed E-state index contributed by atoms with van der Waals surface area (Å²) in [6, 6.07) is 0. The summed E-state index contributed by atoms with van der Waals surface area (Å²) in [6.07, 6.45) is 11.7. The molecule has 0 saturated carbocycles. The fourth-order valence-corrected chi connectivity index (χ4v) is 7.13. The molecule has 6 aliphatic carbocycles. The van der Waals surface area contributed by atoms with Crippen LogP contribution in [0.1, 0.15) is 61.8 Å². The van der Waals surface area contributed by atoms with E-state index in [9.17, 15) is 0 Å². The maximum Gasteiger partial charge on any atom is 0.130 e. The van der Waals surface area contributed by atoms with Gasteiger partial charge in [-0.2, -0.15) is 0 Å². The minimum atomic E-state index is 0.613. The Labute approximate surface area is 170 Å². The van der Waals surface area contributed by atoms with Crippen molar-refractivity contribution in [2.24, 2.45) is 9.98 Å². The molecule has 8 rings (SSSR count). The quantitative estimate of drug-likeness (QED) is 0.633. The number of rotatable bonds is 0. The molecule has 0 unspecified atom stereocenters. The van der Waals surface area contributed by atoms with E-state index in [4.69, 9.17) is 9.98 Å². The summed E-state index contributed by atoms with van der Waals surface area (Å²) >= 11 is 0. The van der Waals surface area contributed by atoms with Crippen LogP contribution in [0.3, 0.4) is 0 Å². The van der Waals surface area contributed by atoms with Gasteiger partial charge in [0.25, 0.3) is 0 Å². The molecule has 0 spiro atoms. The summed E-state index contributed by atoms with van der Waals surface area (Å²) < 4.78 is 0. The highest BCUT2D eigenvalue weighted by molar-refractivity contribution is 5.93. The van der Waals surface area contributed by atoms with Crippen molar-refractivity contribution >= 4 is 11.1 Å². The predicted molar refractivity (Wildman–Crippen MR) is 115 cm³/mol. The Hall–Kier alpha value is -2.74. The first-order chi connectivity index (χ1) is 14.2. The molecule has 0 atom stereocenters. The van der Waals surface area contributed by atoms with E-state index in [-0.39, 0.29) is 0 Å². The zero-order chi connectivity index (χ0) is 19.0. The van der Waals surface area contributed by atoms with Crippen LogP contribution in [0, 0.1) is 0 Å². The molecule has 1 aromatic rings. The van der Waals surface area contributed by atoms with Crippen LogP contribution in [0.15, 0.2) is 66.7 Å². The molecule has 0 bridgehead atoms. The van der Waals surface area contributed by atoms with Gasteiger partial charge < -0.3 is 0 Å². The van der Waals surface area contributed by atoms with Crippen molar-refractivity contribution in [3.05, 3.63) is 89.7 Å². The molecule has 2 heteroatoms. The molecule has 0 N–H and O–H groups in total. The molecule has 0 fully saturated rings. The van der Waals surface area contributed by atoms with Crippen molar-refractivity contribution in [1.29, 1.82) is 0 Å². The maximum atomic E-state index is 4.93. The third-order valence-electron chi connectivity index (χ3n) is 8.14. The number of fused-ring (bicyclic) bond motifs is 10. The monoisotopic (exact) mass is 374 g/mol. The van der Waals surface area contributed by atoms with Crippen molar-refractivity contribution < 1.29 is 0 Å². The van der Waals surface area contributed by atoms with Crippen molar-refractivity contribution in [3.63, 3.8) is 0 Å². The van der Waals surface area contributed by atoms with Crippen molar-refractivity contribution in [1.82, 2.24) is 0 Å². The molecule has 1 heterocycles. The zero-order valence-electron chi connectivity index (χ0n) is 17.0. The molecule has 7 aliphatic rings. The molecular weight excluding hydrogens is 352 g/mol. The summed E-state index contributed by atoms with van der Waals surface area (Å²) in [5.41, 5.74) is 22.0. The molecule has 0 aromatic heterocycles. The fourth-order valence-electron chi connectivity index (χ4n) is 7.13. The summed E-state index contributed by atoms with van der Waals surface area (Å²) in [5.74, 6) is 0. The van der Waals surface area contributed by atoms with E-state index in [1.165, 1.54) is 39.4 Å². The highest BCUT2D eigenvalue weighted by atomic mass is 15.0. The SMILES string of the molecule is CC1=CC2=C(C1)CC1=C2Cc2c3c(c4c(c21)=NCN=4)C1=C(C3)C2=C(C=C(C)C2)C1. The summed E-state index contributed by atoms with van der Waals surface area (Å²) in [4.78, 5) is 9.87. The van der Waals surface area contributed by atoms with E-state index in [0.717, 1.165) is 32.1 Å². The molecule has 0 saturated heterocycles. The number of allylic oxidation sites excluding steroid dienone is 12. The van der Waals surface area contributed by atoms with Crippen LogP contribution in [-0.2, 0) is 12.8 Å². The number of nitrogens with zero attached hydrogens (tertiary/aromatic N) is 2. The average molecular weight is 374 g/mol. The second-order valence-corrected chi connectivity index (χ2v) is 9.84. The van der Waals surface area contributed by atoms with Crippen LogP contribution in [-0.4, -0.2) is 6.67 Å². The van der Waals surface area contributed by atoms with Gasteiger partial charge >= 0.3 is 0 Å². The maximum absolute atomic E-state index is 4.93. The predicted octanol–water partition coefficient (Wildman–Crippen LogP) is 4.62. The Kier molecular flexibility index (Phi) is 2.45. The fraction of sp³-hybridized carbons (Fsp3) is 0.333. The molecule has 140 valence electrons. The third-order valence-corrected chi connectivity index (χ3v) is 8.14. The van der Waals surface area contributed by atoms with E-state index < -0.39 is 0 Å². The van der Waals surface area contributed by atoms with Gasteiger partial charge in [0.05, 0.1) is 10.7 Å². The molecule has 1 aromatic carbocycles. The lowest BCUT2D eigenvalue weighted by Crippen LogP contribution is -2.31. The van der Waals surface area contributed by atoms with Gasteiger partial charge in [0.1, 0.15) is 6.67 Å². The van der Waals surface area contributed by atoms with Gasteiger partial charge in [-0.15, -0.1) is 0 Å². The average Bonchev–Trinajstić information content (AvgIpc) is 3.44. The molecule has 29 heavy (non-hydrogen) atoms. The summed E-state index contributed by atoms with van der Waals surface area (Å²) in [6.45, 7) is 5.17. The lowest BCUT2D eigenvalue weighted by Gasteiger charge is -2.14. The first-order valence-electron chi connectivity index (χ1n) is 11.0. The summed E-state index contributed by atoms with van der Waals surface area (Å²) in [7, 11) is 0. The van der Waals surface area contributed by atoms with E-state index in [0.29, 0.717) is 6.67 Å². The van der Waals surface area contributed by atoms with E-state index in [2.05, 4.69) is 26.0 Å². The second-order valence-electron chi connectivity index (χ2n) is 9.84. The Morgan fingerprint density at radius 1 is 0.621 bits per heavy atom.